The third kappa shape index (κ3) is 5.07. The van der Waals surface area contributed by atoms with E-state index >= 15 is 0 Å². The van der Waals surface area contributed by atoms with E-state index in [-0.39, 0.29) is 12.0 Å². The van der Waals surface area contributed by atoms with Crippen molar-refractivity contribution in [1.82, 2.24) is 4.98 Å². The zero-order valence-electron chi connectivity index (χ0n) is 15.9. The average molecular weight is 380 g/mol. The van der Waals surface area contributed by atoms with Gasteiger partial charge in [0.2, 0.25) is 5.95 Å². The van der Waals surface area contributed by atoms with E-state index in [0.717, 1.165) is 11.8 Å². The second-order valence-electron chi connectivity index (χ2n) is 6.49. The van der Waals surface area contributed by atoms with E-state index in [4.69, 9.17) is 9.47 Å². The van der Waals surface area contributed by atoms with Gasteiger partial charge in [-0.1, -0.05) is 6.07 Å². The Morgan fingerprint density at radius 1 is 1.00 bits per heavy atom. The molecule has 1 aromatic heterocycles. The smallest absolute Gasteiger partial charge is 0.257 e. The number of hydrogen-bond donors (Lipinski definition) is 1. The van der Waals surface area contributed by atoms with Gasteiger partial charge in [0.1, 0.15) is 17.2 Å². The Morgan fingerprint density at radius 2 is 1.71 bits per heavy atom. The van der Waals surface area contributed by atoms with Crippen LogP contribution in [0.4, 0.5) is 10.1 Å². The molecule has 28 heavy (non-hydrogen) atoms. The number of pyridine rings is 1. The highest BCUT2D eigenvalue weighted by molar-refractivity contribution is 6.05. The first-order valence-corrected chi connectivity index (χ1v) is 8.90. The van der Waals surface area contributed by atoms with Crippen LogP contribution in [-0.4, -0.2) is 17.0 Å². The fourth-order valence-corrected chi connectivity index (χ4v) is 2.60. The molecule has 2 aromatic carbocycles. The van der Waals surface area contributed by atoms with Gasteiger partial charge in [-0.2, -0.15) is 4.39 Å². The number of ether oxygens (including phenoxy) is 2. The molecule has 0 atom stereocenters. The summed E-state index contributed by atoms with van der Waals surface area (Å²) in [5.41, 5.74) is 1.20. The number of amides is 1. The van der Waals surface area contributed by atoms with Crippen LogP contribution in [0.1, 0.15) is 29.9 Å². The summed E-state index contributed by atoms with van der Waals surface area (Å²) in [6.45, 7) is 5.52. The van der Waals surface area contributed by atoms with Crippen LogP contribution < -0.4 is 14.8 Å². The second kappa shape index (κ2) is 8.52. The summed E-state index contributed by atoms with van der Waals surface area (Å²) in [6.07, 6.45) is 0.104. The molecule has 0 aliphatic heterocycles. The van der Waals surface area contributed by atoms with E-state index in [0.29, 0.717) is 28.4 Å². The van der Waals surface area contributed by atoms with Crippen molar-refractivity contribution in [3.63, 3.8) is 0 Å². The zero-order chi connectivity index (χ0) is 20.1. The van der Waals surface area contributed by atoms with Crippen molar-refractivity contribution in [3.8, 4) is 17.2 Å². The predicted molar refractivity (Wildman–Crippen MR) is 106 cm³/mol. The first kappa shape index (κ1) is 19.4. The van der Waals surface area contributed by atoms with Crippen molar-refractivity contribution in [1.29, 1.82) is 0 Å². The van der Waals surface area contributed by atoms with Crippen LogP contribution in [0.25, 0.3) is 0 Å². The van der Waals surface area contributed by atoms with Crippen molar-refractivity contribution in [2.24, 2.45) is 0 Å². The lowest BCUT2D eigenvalue weighted by Gasteiger charge is -2.12. The molecular formula is C22H21FN2O3. The molecule has 0 saturated carbocycles. The van der Waals surface area contributed by atoms with Crippen molar-refractivity contribution in [2.45, 2.75) is 26.9 Å². The maximum Gasteiger partial charge on any atom is 0.257 e. The molecule has 3 rings (SSSR count). The molecule has 0 fully saturated rings. The lowest BCUT2D eigenvalue weighted by molar-refractivity contribution is 0.102. The molecule has 0 aliphatic carbocycles. The Kier molecular flexibility index (Phi) is 5.89. The van der Waals surface area contributed by atoms with Gasteiger partial charge in [-0.25, -0.2) is 4.98 Å². The van der Waals surface area contributed by atoms with Crippen LogP contribution in [0.3, 0.4) is 0 Å². The Hall–Kier alpha value is -3.41. The topological polar surface area (TPSA) is 60.5 Å². The highest BCUT2D eigenvalue weighted by Crippen LogP contribution is 2.26. The summed E-state index contributed by atoms with van der Waals surface area (Å²) < 4.78 is 24.6. The number of nitrogens with zero attached hydrogens (tertiary/aromatic N) is 1. The summed E-state index contributed by atoms with van der Waals surface area (Å²) >= 11 is 0. The first-order valence-electron chi connectivity index (χ1n) is 8.90. The average Bonchev–Trinajstić information content (AvgIpc) is 2.63. The monoisotopic (exact) mass is 380 g/mol. The highest BCUT2D eigenvalue weighted by atomic mass is 19.1. The molecule has 144 valence electrons. The molecule has 1 amide bonds. The van der Waals surface area contributed by atoms with Gasteiger partial charge in [0.25, 0.3) is 5.91 Å². The van der Waals surface area contributed by atoms with Gasteiger partial charge in [0.15, 0.2) is 0 Å². The van der Waals surface area contributed by atoms with Crippen molar-refractivity contribution >= 4 is 11.6 Å². The third-order valence-electron chi connectivity index (χ3n) is 3.82. The number of hydrogen-bond acceptors (Lipinski definition) is 4. The first-order chi connectivity index (χ1) is 13.4. The number of nitrogens with one attached hydrogen (secondary N) is 1. The number of carbonyl (C=O) groups is 1. The summed E-state index contributed by atoms with van der Waals surface area (Å²) in [5, 5.41) is 2.77. The maximum atomic E-state index is 13.1. The Labute approximate surface area is 163 Å². The summed E-state index contributed by atoms with van der Waals surface area (Å²) in [5.74, 6) is 1.01. The fraction of sp³-hybridized carbons (Fsp3) is 0.182. The van der Waals surface area contributed by atoms with Crippen LogP contribution in [0.15, 0.2) is 60.7 Å². The van der Waals surface area contributed by atoms with Crippen molar-refractivity contribution < 1.29 is 18.7 Å². The summed E-state index contributed by atoms with van der Waals surface area (Å²) in [4.78, 5) is 16.1. The minimum Gasteiger partial charge on any atom is -0.491 e. The van der Waals surface area contributed by atoms with E-state index in [9.17, 15) is 9.18 Å². The van der Waals surface area contributed by atoms with Gasteiger partial charge in [-0.05, 0) is 69.3 Å². The normalized spacial score (nSPS) is 10.6. The highest BCUT2D eigenvalue weighted by Gasteiger charge is 2.11. The number of aryl methyl sites for hydroxylation is 1. The molecule has 1 N–H and O–H groups in total. The molecule has 5 nitrogen and oxygen atoms in total. The molecule has 0 unspecified atom stereocenters. The standard InChI is InChI=1S/C22H21FN2O3/c1-14(2)27-17-7-9-18(10-8-17)28-19-6-4-5-16(13-19)25-22(26)20-11-12-21(23)24-15(20)3/h4-14H,1-3H3,(H,25,26). The predicted octanol–water partition coefficient (Wildman–Crippen LogP) is 5.36. The number of anilines is 1. The molecule has 0 saturated heterocycles. The van der Waals surface area contributed by atoms with Gasteiger partial charge >= 0.3 is 0 Å². The van der Waals surface area contributed by atoms with Crippen molar-refractivity contribution in [2.75, 3.05) is 5.32 Å². The number of carbonyl (C=O) groups excluding carboxylic acids is 1. The quantitative estimate of drug-likeness (QED) is 0.585. The van der Waals surface area contributed by atoms with E-state index in [1.165, 1.54) is 6.07 Å². The Balaban J connectivity index is 1.69. The van der Waals surface area contributed by atoms with Crippen LogP contribution in [-0.2, 0) is 0 Å². The van der Waals surface area contributed by atoms with Gasteiger partial charge in [0.05, 0.1) is 17.4 Å². The van der Waals surface area contributed by atoms with Crippen LogP contribution >= 0.6 is 0 Å². The zero-order valence-corrected chi connectivity index (χ0v) is 15.9. The number of aromatic nitrogens is 1. The van der Waals surface area contributed by atoms with Crippen molar-refractivity contribution in [3.05, 3.63) is 77.9 Å². The number of rotatable bonds is 6. The Morgan fingerprint density at radius 3 is 2.39 bits per heavy atom. The minimum absolute atomic E-state index is 0.104. The van der Waals surface area contributed by atoms with E-state index in [1.807, 2.05) is 38.1 Å². The third-order valence-corrected chi connectivity index (χ3v) is 3.82. The maximum absolute atomic E-state index is 13.1. The van der Waals surface area contributed by atoms with Gasteiger partial charge < -0.3 is 14.8 Å². The fourth-order valence-electron chi connectivity index (χ4n) is 2.60. The van der Waals surface area contributed by atoms with Crippen LogP contribution in [0.2, 0.25) is 0 Å². The molecule has 6 heteroatoms. The SMILES string of the molecule is Cc1nc(F)ccc1C(=O)Nc1cccc(Oc2ccc(OC(C)C)cc2)c1. The van der Waals surface area contributed by atoms with Gasteiger partial charge in [-0.15, -0.1) is 0 Å². The molecule has 0 aliphatic rings. The Bertz CT molecular complexity index is 972. The van der Waals surface area contributed by atoms with Gasteiger partial charge in [-0.3, -0.25) is 4.79 Å². The molecule has 0 spiro atoms. The van der Waals surface area contributed by atoms with E-state index in [1.54, 1.807) is 31.2 Å². The van der Waals surface area contributed by atoms with Gasteiger partial charge in [0, 0.05) is 11.8 Å². The summed E-state index contributed by atoms with van der Waals surface area (Å²) in [6, 6.07) is 16.9. The minimum atomic E-state index is -0.616. The molecular weight excluding hydrogens is 359 g/mol. The largest absolute Gasteiger partial charge is 0.491 e. The molecule has 1 heterocycles. The van der Waals surface area contributed by atoms with E-state index in [2.05, 4.69) is 10.3 Å². The van der Waals surface area contributed by atoms with Crippen LogP contribution in [0.5, 0.6) is 17.2 Å². The summed E-state index contributed by atoms with van der Waals surface area (Å²) in [7, 11) is 0. The molecule has 0 bridgehead atoms. The second-order valence-corrected chi connectivity index (χ2v) is 6.49. The molecule has 0 radical (unpaired) electrons. The number of benzene rings is 2. The lowest BCUT2D eigenvalue weighted by Crippen LogP contribution is -2.14. The van der Waals surface area contributed by atoms with E-state index < -0.39 is 5.95 Å². The van der Waals surface area contributed by atoms with Crippen LogP contribution in [0, 0.1) is 12.9 Å². The molecule has 3 aromatic rings. The lowest BCUT2D eigenvalue weighted by atomic mass is 10.2. The number of halogens is 1.